The highest BCUT2D eigenvalue weighted by atomic mass is 16.5. The summed E-state index contributed by atoms with van der Waals surface area (Å²) in [6.45, 7) is 0. The third-order valence-electron chi connectivity index (χ3n) is 18.9. The molecule has 0 unspecified atom stereocenters. The smallest absolute Gasteiger partial charge is 0.140 e. The molecule has 0 saturated carbocycles. The van der Waals surface area contributed by atoms with E-state index in [1.165, 1.54) is 77.9 Å². The van der Waals surface area contributed by atoms with Gasteiger partial charge in [0.05, 0.1) is 10.8 Å². The van der Waals surface area contributed by atoms with Gasteiger partial charge in [-0.15, -0.1) is 0 Å². The summed E-state index contributed by atoms with van der Waals surface area (Å²) in [6.07, 6.45) is 0. The van der Waals surface area contributed by atoms with Crippen LogP contribution in [0, 0.1) is 0 Å². The molecule has 2 nitrogen and oxygen atoms in total. The van der Waals surface area contributed by atoms with Crippen LogP contribution >= 0.6 is 0 Å². The first-order chi connectivity index (χ1) is 41.6. The van der Waals surface area contributed by atoms with E-state index >= 15 is 0 Å². The molecule has 84 heavy (non-hydrogen) atoms. The van der Waals surface area contributed by atoms with Crippen LogP contribution in [-0.4, -0.2) is 0 Å². The first kappa shape index (κ1) is 46.9. The average Bonchev–Trinajstić information content (AvgIpc) is 1.60. The number of anilines is 3. The highest BCUT2D eigenvalue weighted by Crippen LogP contribution is 2.66. The number of hydrogen-bond acceptors (Lipinski definition) is 2. The van der Waals surface area contributed by atoms with E-state index in [0.29, 0.717) is 0 Å². The van der Waals surface area contributed by atoms with Crippen LogP contribution in [0.4, 0.5) is 17.1 Å². The Morgan fingerprint density at radius 2 is 0.595 bits per heavy atom. The Balaban J connectivity index is 0.845. The molecule has 14 aromatic carbocycles. The van der Waals surface area contributed by atoms with E-state index in [1.54, 1.807) is 0 Å². The molecule has 0 fully saturated rings. The third-order valence-corrected chi connectivity index (χ3v) is 18.9. The van der Waals surface area contributed by atoms with Gasteiger partial charge < -0.3 is 9.64 Å². The molecule has 3 aliphatic carbocycles. The quantitative estimate of drug-likeness (QED) is 0.165. The first-order valence-corrected chi connectivity index (χ1v) is 29.2. The summed E-state index contributed by atoms with van der Waals surface area (Å²) < 4.78 is 7.30. The summed E-state index contributed by atoms with van der Waals surface area (Å²) in [4.78, 5) is 2.49. The molecule has 0 N–H and O–H groups in total. The van der Waals surface area contributed by atoms with Gasteiger partial charge in [0.15, 0.2) is 0 Å². The minimum Gasteiger partial charge on any atom is -0.455 e. The molecule has 1 heterocycles. The van der Waals surface area contributed by atoms with Crippen LogP contribution in [-0.2, 0) is 10.8 Å². The van der Waals surface area contributed by atoms with Gasteiger partial charge in [-0.05, 0) is 159 Å². The fourth-order valence-electron chi connectivity index (χ4n) is 15.4. The lowest BCUT2D eigenvalue weighted by atomic mass is 9.65. The molecule has 0 bridgehead atoms. The highest BCUT2D eigenvalue weighted by molar-refractivity contribution is 6.01. The maximum absolute atomic E-state index is 7.30. The predicted octanol–water partition coefficient (Wildman–Crippen LogP) is 21.3. The lowest BCUT2D eigenvalue weighted by Crippen LogP contribution is -2.32. The van der Waals surface area contributed by atoms with Crippen LogP contribution in [0.2, 0.25) is 0 Å². The van der Waals surface area contributed by atoms with Crippen molar-refractivity contribution in [3.8, 4) is 78.3 Å². The van der Waals surface area contributed by atoms with Gasteiger partial charge in [0.2, 0.25) is 0 Å². The summed E-state index contributed by atoms with van der Waals surface area (Å²) in [6, 6.07) is 115. The third kappa shape index (κ3) is 6.45. The van der Waals surface area contributed by atoms with Crippen LogP contribution in [0.5, 0.6) is 11.5 Å². The fraction of sp³-hybridized carbons (Fsp3) is 0.0244. The molecule has 0 radical (unpaired) electrons. The second-order valence-corrected chi connectivity index (χ2v) is 23.0. The monoisotopic (exact) mass is 1070 g/mol. The van der Waals surface area contributed by atoms with Gasteiger partial charge in [-0.1, -0.05) is 261 Å². The summed E-state index contributed by atoms with van der Waals surface area (Å²) in [5, 5.41) is 4.54. The van der Waals surface area contributed by atoms with E-state index < -0.39 is 10.8 Å². The minimum absolute atomic E-state index is 0.498. The second-order valence-electron chi connectivity index (χ2n) is 23.0. The summed E-state index contributed by atoms with van der Waals surface area (Å²) in [5.74, 6) is 1.84. The zero-order valence-corrected chi connectivity index (χ0v) is 45.8. The van der Waals surface area contributed by atoms with E-state index in [0.717, 1.165) is 83.5 Å². The first-order valence-electron chi connectivity index (χ1n) is 29.2. The number of ether oxygens (including phenoxy) is 1. The Morgan fingerprint density at radius 3 is 1.11 bits per heavy atom. The molecule has 4 aliphatic rings. The predicted molar refractivity (Wildman–Crippen MR) is 346 cm³/mol. The number of fused-ring (bicyclic) bond motifs is 23. The Kier molecular flexibility index (Phi) is 9.97. The molecule has 2 spiro atoms. The van der Waals surface area contributed by atoms with Gasteiger partial charge >= 0.3 is 0 Å². The Morgan fingerprint density at radius 1 is 0.214 bits per heavy atom. The zero-order chi connectivity index (χ0) is 55.1. The lowest BCUT2D eigenvalue weighted by Gasteiger charge is -2.40. The van der Waals surface area contributed by atoms with Gasteiger partial charge in [0.25, 0.3) is 0 Å². The van der Waals surface area contributed by atoms with Crippen molar-refractivity contribution in [1.29, 1.82) is 0 Å². The molecule has 0 amide bonds. The summed E-state index contributed by atoms with van der Waals surface area (Å²) in [7, 11) is 0. The Bertz CT molecular complexity index is 4850. The van der Waals surface area contributed by atoms with Crippen LogP contribution in [0.25, 0.3) is 88.3 Å². The van der Waals surface area contributed by atoms with Crippen LogP contribution in [0.1, 0.15) is 44.5 Å². The molecule has 2 heteroatoms. The van der Waals surface area contributed by atoms with Gasteiger partial charge in [-0.2, -0.15) is 0 Å². The van der Waals surface area contributed by atoms with E-state index in [2.05, 4.69) is 314 Å². The van der Waals surface area contributed by atoms with Gasteiger partial charge in [0, 0.05) is 39.0 Å². The molecule has 0 atom stereocenters. The maximum atomic E-state index is 7.30. The SMILES string of the molecule is c1ccc(-c2cc(-c3ccccc3)cc(N(c3ccc(-c4ccc5c(c4)C4(c6ccccc6-5)c5ccc6ccccc6c5Oc5c4ccc4ccccc54)cc3)c3ccc4c(c3)C3(c5ccccc5-c5ccccc53)c3ccccc3-4)c2)cc1. The molecule has 390 valence electrons. The van der Waals surface area contributed by atoms with Gasteiger partial charge in [-0.3, -0.25) is 0 Å². The molecular weight excluding hydrogens is 1010 g/mol. The average molecular weight is 1070 g/mol. The number of benzene rings is 14. The van der Waals surface area contributed by atoms with E-state index in [4.69, 9.17) is 4.74 Å². The zero-order valence-electron chi connectivity index (χ0n) is 45.8. The maximum Gasteiger partial charge on any atom is 0.140 e. The lowest BCUT2D eigenvalue weighted by molar-refractivity contribution is 0.447. The second kappa shape index (κ2) is 17.8. The molecular formula is C82H51NO. The van der Waals surface area contributed by atoms with Crippen molar-refractivity contribution in [3.05, 3.63) is 354 Å². The number of nitrogens with zero attached hydrogens (tertiary/aromatic N) is 1. The molecule has 0 aromatic heterocycles. The number of hydrogen-bond donors (Lipinski definition) is 0. The topological polar surface area (TPSA) is 12.5 Å². The van der Waals surface area contributed by atoms with Crippen molar-refractivity contribution in [1.82, 2.24) is 0 Å². The molecule has 0 saturated heterocycles. The number of rotatable bonds is 6. The van der Waals surface area contributed by atoms with Gasteiger partial charge in [0.1, 0.15) is 11.5 Å². The highest BCUT2D eigenvalue weighted by Gasteiger charge is 2.53. The van der Waals surface area contributed by atoms with Crippen molar-refractivity contribution in [2.75, 3.05) is 4.90 Å². The molecule has 1 aliphatic heterocycles. The van der Waals surface area contributed by atoms with E-state index in [-0.39, 0.29) is 0 Å². The largest absolute Gasteiger partial charge is 0.455 e. The fourth-order valence-corrected chi connectivity index (χ4v) is 15.4. The van der Waals surface area contributed by atoms with Crippen molar-refractivity contribution < 1.29 is 4.74 Å². The van der Waals surface area contributed by atoms with Crippen molar-refractivity contribution >= 4 is 38.6 Å². The standard InChI is InChI=1S/C82H51NO/c1-3-19-52(20-4-1)58-47-59(53-21-5-2-6-22-53)49-62(48-58)83(61-42-44-70-68-30-13-17-33-73(68)81(78(70)51-61)71-31-15-11-27-65(71)66-28-12-16-32-72(66)81)60-40-35-54(36-41-60)57-37-43-69-67-29-14-18-34-74(67)82(77(69)50-57)75-45-38-55-23-7-9-25-63(55)79(75)84-80-64-26-10-8-24-56(64)39-46-76(80)82/h1-51H. The summed E-state index contributed by atoms with van der Waals surface area (Å²) >= 11 is 0. The van der Waals surface area contributed by atoms with E-state index in [9.17, 15) is 0 Å². The summed E-state index contributed by atoms with van der Waals surface area (Å²) in [5.41, 5.74) is 26.8. The molecule has 14 aromatic rings. The van der Waals surface area contributed by atoms with Crippen LogP contribution in [0.3, 0.4) is 0 Å². The Labute approximate surface area is 488 Å². The van der Waals surface area contributed by atoms with Crippen LogP contribution < -0.4 is 9.64 Å². The van der Waals surface area contributed by atoms with Crippen molar-refractivity contribution in [3.63, 3.8) is 0 Å². The van der Waals surface area contributed by atoms with Crippen molar-refractivity contribution in [2.24, 2.45) is 0 Å². The van der Waals surface area contributed by atoms with E-state index in [1.807, 2.05) is 0 Å². The van der Waals surface area contributed by atoms with Crippen molar-refractivity contribution in [2.45, 2.75) is 10.8 Å². The van der Waals surface area contributed by atoms with Crippen LogP contribution in [0.15, 0.2) is 309 Å². The Hall–Kier alpha value is -10.8. The molecule has 18 rings (SSSR count). The van der Waals surface area contributed by atoms with Gasteiger partial charge in [-0.25, -0.2) is 0 Å². The minimum atomic E-state index is -0.652. The normalized spacial score (nSPS) is 13.8.